The van der Waals surface area contributed by atoms with E-state index >= 15 is 0 Å². The molecule has 6 heteroatoms. The summed E-state index contributed by atoms with van der Waals surface area (Å²) in [6.07, 6.45) is 10.3. The third-order valence-electron chi connectivity index (χ3n) is 4.14. The highest BCUT2D eigenvalue weighted by molar-refractivity contribution is 5.68. The minimum atomic E-state index is -0.870. The molecule has 0 atom stereocenters. The summed E-state index contributed by atoms with van der Waals surface area (Å²) in [7, 11) is 0. The molecule has 1 aliphatic carbocycles. The first-order valence-corrected chi connectivity index (χ1v) is 8.94. The van der Waals surface area contributed by atoms with Gasteiger partial charge in [0.25, 0.3) is 0 Å². The molecule has 0 saturated heterocycles. The fraction of sp³-hybridized carbons (Fsp3) is 0.833. The van der Waals surface area contributed by atoms with Crippen LogP contribution in [0.5, 0.6) is 0 Å². The van der Waals surface area contributed by atoms with E-state index in [2.05, 4.69) is 6.92 Å². The summed E-state index contributed by atoms with van der Waals surface area (Å²) in [5.41, 5.74) is -0.0971. The maximum absolute atomic E-state index is 11.1. The van der Waals surface area contributed by atoms with Crippen LogP contribution in [0, 0.1) is 0 Å². The highest BCUT2D eigenvalue weighted by Gasteiger charge is 2.34. The highest BCUT2D eigenvalue weighted by atomic mass is 16.6. The van der Waals surface area contributed by atoms with E-state index in [1.54, 1.807) is 0 Å². The molecule has 1 fully saturated rings. The van der Waals surface area contributed by atoms with Crippen molar-refractivity contribution in [3.63, 3.8) is 0 Å². The molecule has 2 N–H and O–H groups in total. The number of carbonyl (C=O) groups excluding carboxylic acids is 1. The Bertz CT molecular complexity index is 369. The van der Waals surface area contributed by atoms with E-state index in [0.29, 0.717) is 12.8 Å². The van der Waals surface area contributed by atoms with E-state index in [0.717, 1.165) is 19.3 Å². The predicted molar refractivity (Wildman–Crippen MR) is 90.8 cm³/mol. The van der Waals surface area contributed by atoms with Gasteiger partial charge in [0.05, 0.1) is 0 Å². The van der Waals surface area contributed by atoms with Crippen LogP contribution in [0.15, 0.2) is 0 Å². The number of carboxylic acid groups (broad SMARTS) is 2. The lowest BCUT2D eigenvalue weighted by Crippen LogP contribution is -2.36. The van der Waals surface area contributed by atoms with Crippen LogP contribution < -0.4 is 0 Å². The second kappa shape index (κ2) is 12.8. The first kappa shape index (κ1) is 22.4. The molecule has 1 aliphatic rings. The summed E-state index contributed by atoms with van der Waals surface area (Å²) in [5.74, 6) is -1.85. The van der Waals surface area contributed by atoms with Crippen molar-refractivity contribution in [3.8, 4) is 0 Å². The van der Waals surface area contributed by atoms with Crippen molar-refractivity contribution < 1.29 is 29.3 Å². The third kappa shape index (κ3) is 11.9. The number of carboxylic acids is 2. The van der Waals surface area contributed by atoms with Crippen LogP contribution in [0.1, 0.15) is 90.9 Å². The van der Waals surface area contributed by atoms with Crippen molar-refractivity contribution >= 4 is 17.9 Å². The molecule has 0 unspecified atom stereocenters. The van der Waals surface area contributed by atoms with Crippen molar-refractivity contribution in [2.45, 2.75) is 96.5 Å². The van der Waals surface area contributed by atoms with Gasteiger partial charge in [0, 0.05) is 19.8 Å². The Kier molecular flexibility index (Phi) is 11.9. The molecular weight excluding hydrogens is 312 g/mol. The zero-order valence-electron chi connectivity index (χ0n) is 15.0. The van der Waals surface area contributed by atoms with Crippen LogP contribution in [0.4, 0.5) is 0 Å². The average Bonchev–Trinajstić information content (AvgIpc) is 2.50. The van der Waals surface area contributed by atoms with Gasteiger partial charge in [-0.1, -0.05) is 19.8 Å². The van der Waals surface area contributed by atoms with Gasteiger partial charge in [-0.25, -0.2) is 0 Å². The molecule has 0 aromatic rings. The molecule has 0 heterocycles. The van der Waals surface area contributed by atoms with Crippen LogP contribution >= 0.6 is 0 Å². The van der Waals surface area contributed by atoms with Crippen molar-refractivity contribution in [2.24, 2.45) is 0 Å². The molecule has 0 aliphatic heterocycles. The zero-order chi connectivity index (χ0) is 18.4. The number of carbonyl (C=O) groups is 3. The molecule has 0 bridgehead atoms. The lowest BCUT2D eigenvalue weighted by atomic mass is 9.81. The minimum absolute atomic E-state index is 0.0628. The highest BCUT2D eigenvalue weighted by Crippen LogP contribution is 2.35. The minimum Gasteiger partial charge on any atom is -0.481 e. The third-order valence-corrected chi connectivity index (χ3v) is 4.14. The van der Waals surface area contributed by atoms with Gasteiger partial charge in [0.1, 0.15) is 5.60 Å². The van der Waals surface area contributed by atoms with Crippen LogP contribution in [-0.2, 0) is 19.1 Å². The van der Waals surface area contributed by atoms with Crippen LogP contribution in [0.25, 0.3) is 0 Å². The molecule has 0 aromatic carbocycles. The first-order chi connectivity index (χ1) is 11.3. The Morgan fingerprint density at radius 2 is 1.42 bits per heavy atom. The lowest BCUT2D eigenvalue weighted by molar-refractivity contribution is -0.161. The summed E-state index contributed by atoms with van der Waals surface area (Å²) in [4.78, 5) is 30.9. The smallest absolute Gasteiger partial charge is 0.303 e. The van der Waals surface area contributed by atoms with Crippen LogP contribution in [-0.4, -0.2) is 33.7 Å². The van der Waals surface area contributed by atoms with E-state index in [9.17, 15) is 14.4 Å². The maximum Gasteiger partial charge on any atom is 0.303 e. The van der Waals surface area contributed by atoms with Crippen molar-refractivity contribution in [3.05, 3.63) is 0 Å². The molecule has 1 rings (SSSR count). The number of hydrogen-bond donors (Lipinski definition) is 2. The summed E-state index contributed by atoms with van der Waals surface area (Å²) in [6, 6.07) is 0. The molecule has 1 saturated carbocycles. The van der Waals surface area contributed by atoms with E-state index < -0.39 is 11.9 Å². The molecule has 0 amide bonds. The number of hydrogen-bond acceptors (Lipinski definition) is 4. The van der Waals surface area contributed by atoms with Gasteiger partial charge in [-0.15, -0.1) is 0 Å². The quantitative estimate of drug-likeness (QED) is 0.481. The van der Waals surface area contributed by atoms with Gasteiger partial charge in [-0.3, -0.25) is 14.4 Å². The number of esters is 1. The second-order valence-corrected chi connectivity index (χ2v) is 6.44. The normalized spacial score (nSPS) is 15.8. The summed E-state index contributed by atoms with van der Waals surface area (Å²) >= 11 is 0. The summed E-state index contributed by atoms with van der Waals surface area (Å²) < 4.78 is 5.54. The molecule has 6 nitrogen and oxygen atoms in total. The Morgan fingerprint density at radius 3 is 1.79 bits per heavy atom. The van der Waals surface area contributed by atoms with E-state index in [1.165, 1.54) is 39.0 Å². The largest absolute Gasteiger partial charge is 0.481 e. The monoisotopic (exact) mass is 344 g/mol. The maximum atomic E-state index is 11.1. The molecule has 0 spiro atoms. The van der Waals surface area contributed by atoms with E-state index in [4.69, 9.17) is 14.9 Å². The number of rotatable bonds is 9. The van der Waals surface area contributed by atoms with Gasteiger partial charge < -0.3 is 14.9 Å². The molecule has 0 aromatic heterocycles. The Balaban J connectivity index is 0.000000470. The Morgan fingerprint density at radius 1 is 0.917 bits per heavy atom. The first-order valence-electron chi connectivity index (χ1n) is 8.94. The zero-order valence-corrected chi connectivity index (χ0v) is 15.0. The SMILES string of the molecule is CCCCC1(OC(C)=O)CCCCC1.O=C(O)CCCCC(=O)O. The fourth-order valence-electron chi connectivity index (χ4n) is 2.96. The van der Waals surface area contributed by atoms with Crippen LogP contribution in [0.3, 0.4) is 0 Å². The summed E-state index contributed by atoms with van der Waals surface area (Å²) in [5, 5.41) is 16.3. The van der Waals surface area contributed by atoms with Crippen molar-refractivity contribution in [1.29, 1.82) is 0 Å². The average molecular weight is 344 g/mol. The lowest BCUT2D eigenvalue weighted by Gasteiger charge is -2.36. The van der Waals surface area contributed by atoms with Crippen LogP contribution in [0.2, 0.25) is 0 Å². The Labute approximate surface area is 144 Å². The number of ether oxygens (including phenoxy) is 1. The standard InChI is InChI=1S/C12H22O2.C6H10O4/c1-3-4-8-12(14-11(2)13)9-6-5-7-10-12;7-5(8)3-1-2-4-6(9)10/h3-10H2,1-2H3;1-4H2,(H,7,8)(H,9,10). The van der Waals surface area contributed by atoms with Gasteiger partial charge in [0.15, 0.2) is 0 Å². The van der Waals surface area contributed by atoms with Gasteiger partial charge in [-0.05, 0) is 51.4 Å². The predicted octanol–water partition coefficient (Wildman–Crippen LogP) is 4.16. The van der Waals surface area contributed by atoms with E-state index in [1.807, 2.05) is 0 Å². The molecular formula is C18H32O6. The van der Waals surface area contributed by atoms with Crippen molar-refractivity contribution in [2.75, 3.05) is 0 Å². The van der Waals surface area contributed by atoms with Crippen molar-refractivity contribution in [1.82, 2.24) is 0 Å². The summed E-state index contributed by atoms with van der Waals surface area (Å²) in [6.45, 7) is 3.71. The number of unbranched alkanes of at least 4 members (excludes halogenated alkanes) is 2. The molecule has 24 heavy (non-hydrogen) atoms. The Hall–Kier alpha value is -1.59. The number of aliphatic carboxylic acids is 2. The molecule has 0 radical (unpaired) electrons. The topological polar surface area (TPSA) is 101 Å². The second-order valence-electron chi connectivity index (χ2n) is 6.44. The van der Waals surface area contributed by atoms with Gasteiger partial charge in [-0.2, -0.15) is 0 Å². The van der Waals surface area contributed by atoms with Gasteiger partial charge >= 0.3 is 17.9 Å². The van der Waals surface area contributed by atoms with E-state index in [-0.39, 0.29) is 24.4 Å². The molecule has 140 valence electrons. The fourth-order valence-corrected chi connectivity index (χ4v) is 2.96. The van der Waals surface area contributed by atoms with Gasteiger partial charge in [0.2, 0.25) is 0 Å².